The number of pyridine rings is 1. The Bertz CT molecular complexity index is 1390. The van der Waals surface area contributed by atoms with Crippen LogP contribution in [0.5, 0.6) is 0 Å². The molecule has 178 valence electrons. The van der Waals surface area contributed by atoms with Crippen LogP contribution in [0.4, 0.5) is 11.4 Å². The van der Waals surface area contributed by atoms with Crippen LogP contribution in [0.15, 0.2) is 66.7 Å². The molecule has 1 atom stereocenters. The van der Waals surface area contributed by atoms with E-state index in [4.69, 9.17) is 4.98 Å². The summed E-state index contributed by atoms with van der Waals surface area (Å²) in [5.74, 6) is 0.600. The summed E-state index contributed by atoms with van der Waals surface area (Å²) in [4.78, 5) is 22.3. The van der Waals surface area contributed by atoms with Gasteiger partial charge in [-0.15, -0.1) is 0 Å². The number of likely N-dealkylation sites (N-methyl/N-ethyl adjacent to an activating group) is 1. The summed E-state index contributed by atoms with van der Waals surface area (Å²) in [6, 6.07) is 22.8. The van der Waals surface area contributed by atoms with Crippen molar-refractivity contribution in [3.05, 3.63) is 77.9 Å². The van der Waals surface area contributed by atoms with E-state index in [1.54, 1.807) is 0 Å². The number of hydrogen-bond donors (Lipinski definition) is 2. The molecule has 6 rings (SSSR count). The highest BCUT2D eigenvalue weighted by atomic mass is 16.2. The molecule has 1 fully saturated rings. The van der Waals surface area contributed by atoms with Crippen LogP contribution in [0, 0.1) is 0 Å². The van der Waals surface area contributed by atoms with Crippen molar-refractivity contribution in [3.8, 4) is 0 Å². The Morgan fingerprint density at radius 3 is 2.63 bits per heavy atom. The maximum absolute atomic E-state index is 13.2. The predicted molar refractivity (Wildman–Crippen MR) is 143 cm³/mol. The Balaban J connectivity index is 1.28. The number of rotatable bonds is 5. The van der Waals surface area contributed by atoms with Gasteiger partial charge >= 0.3 is 0 Å². The van der Waals surface area contributed by atoms with Crippen LogP contribution in [-0.4, -0.2) is 67.0 Å². The van der Waals surface area contributed by atoms with E-state index in [1.165, 1.54) is 11.3 Å². The highest BCUT2D eigenvalue weighted by Crippen LogP contribution is 2.35. The number of carbonyl (C=O) groups is 1. The lowest BCUT2D eigenvalue weighted by molar-refractivity contribution is 0.0664. The first kappa shape index (κ1) is 21.9. The predicted octanol–water partition coefficient (Wildman–Crippen LogP) is 4.79. The van der Waals surface area contributed by atoms with E-state index in [0.29, 0.717) is 11.5 Å². The SMILES string of the molecule is CN1CCN(C(=O)c2ccc3c(NCCC4CNc5ccccc54)c4ccccc4nc3c2)CC1. The van der Waals surface area contributed by atoms with Crippen LogP contribution in [0.25, 0.3) is 21.8 Å². The Hall–Kier alpha value is -3.64. The number of nitrogens with one attached hydrogen (secondary N) is 2. The molecular formula is C29H31N5O. The Kier molecular flexibility index (Phi) is 5.74. The quantitative estimate of drug-likeness (QED) is 0.415. The van der Waals surface area contributed by atoms with Crippen molar-refractivity contribution < 1.29 is 4.79 Å². The molecule has 1 unspecified atom stereocenters. The standard InChI is InChI=1S/C29H31N5O/c1-33-14-16-34(17-15-33)29(35)20-10-11-24-27(18-20)32-26-9-5-3-7-23(26)28(24)30-13-12-21-19-31-25-8-4-2-6-22(21)25/h2-11,18,21,31H,12-17,19H2,1H3,(H,30,32). The molecule has 2 N–H and O–H groups in total. The number of hydrogen-bond acceptors (Lipinski definition) is 5. The van der Waals surface area contributed by atoms with Crippen molar-refractivity contribution in [2.75, 3.05) is 56.9 Å². The van der Waals surface area contributed by atoms with Gasteiger partial charge in [-0.2, -0.15) is 0 Å². The topological polar surface area (TPSA) is 60.5 Å². The van der Waals surface area contributed by atoms with E-state index in [-0.39, 0.29) is 5.91 Å². The summed E-state index contributed by atoms with van der Waals surface area (Å²) in [6.07, 6.45) is 1.04. The number of benzene rings is 3. The summed E-state index contributed by atoms with van der Waals surface area (Å²) in [5.41, 5.74) is 6.28. The number of para-hydroxylation sites is 2. The van der Waals surface area contributed by atoms with E-state index < -0.39 is 0 Å². The lowest BCUT2D eigenvalue weighted by Crippen LogP contribution is -2.47. The molecule has 0 radical (unpaired) electrons. The fourth-order valence-corrected chi connectivity index (χ4v) is 5.39. The molecule has 0 saturated carbocycles. The number of amides is 1. The molecule has 0 aliphatic carbocycles. The van der Waals surface area contributed by atoms with Crippen LogP contribution in [0.2, 0.25) is 0 Å². The molecule has 0 bridgehead atoms. The lowest BCUT2D eigenvalue weighted by atomic mass is 9.98. The van der Waals surface area contributed by atoms with Crippen molar-refractivity contribution in [2.45, 2.75) is 12.3 Å². The summed E-state index contributed by atoms with van der Waals surface area (Å²) in [7, 11) is 2.10. The van der Waals surface area contributed by atoms with Crippen LogP contribution >= 0.6 is 0 Å². The Labute approximate surface area is 205 Å². The minimum absolute atomic E-state index is 0.0943. The molecule has 4 aromatic rings. The van der Waals surface area contributed by atoms with Crippen molar-refractivity contribution in [3.63, 3.8) is 0 Å². The van der Waals surface area contributed by atoms with E-state index in [2.05, 4.69) is 65.0 Å². The van der Waals surface area contributed by atoms with Crippen LogP contribution in [0.3, 0.4) is 0 Å². The van der Waals surface area contributed by atoms with Gasteiger partial charge in [0.25, 0.3) is 5.91 Å². The molecule has 1 amide bonds. The smallest absolute Gasteiger partial charge is 0.254 e. The number of aromatic nitrogens is 1. The van der Waals surface area contributed by atoms with E-state index in [9.17, 15) is 4.79 Å². The zero-order valence-corrected chi connectivity index (χ0v) is 20.1. The Morgan fingerprint density at radius 2 is 1.74 bits per heavy atom. The summed E-state index contributed by atoms with van der Waals surface area (Å²) in [5, 5.41) is 9.44. The fraction of sp³-hybridized carbons (Fsp3) is 0.310. The second-order valence-electron chi connectivity index (χ2n) is 9.71. The van der Waals surface area contributed by atoms with E-state index in [0.717, 1.165) is 73.2 Å². The maximum atomic E-state index is 13.2. The molecule has 6 heteroatoms. The fourth-order valence-electron chi connectivity index (χ4n) is 5.39. The van der Waals surface area contributed by atoms with E-state index >= 15 is 0 Å². The number of anilines is 2. The number of nitrogens with zero attached hydrogens (tertiary/aromatic N) is 3. The second-order valence-corrected chi connectivity index (χ2v) is 9.71. The summed E-state index contributed by atoms with van der Waals surface area (Å²) < 4.78 is 0. The minimum atomic E-state index is 0.0943. The van der Waals surface area contributed by atoms with Gasteiger partial charge < -0.3 is 20.4 Å². The second kappa shape index (κ2) is 9.19. The van der Waals surface area contributed by atoms with Gasteiger partial charge in [0.15, 0.2) is 0 Å². The van der Waals surface area contributed by atoms with E-state index in [1.807, 2.05) is 29.2 Å². The molecule has 3 aromatic carbocycles. The molecule has 1 saturated heterocycles. The third kappa shape index (κ3) is 4.19. The molecule has 1 aromatic heterocycles. The van der Waals surface area contributed by atoms with Gasteiger partial charge in [0.05, 0.1) is 16.7 Å². The third-order valence-electron chi connectivity index (χ3n) is 7.45. The lowest BCUT2D eigenvalue weighted by Gasteiger charge is -2.32. The van der Waals surface area contributed by atoms with Gasteiger partial charge in [-0.25, -0.2) is 4.98 Å². The minimum Gasteiger partial charge on any atom is -0.384 e. The van der Waals surface area contributed by atoms with Gasteiger partial charge in [0.2, 0.25) is 0 Å². The highest BCUT2D eigenvalue weighted by Gasteiger charge is 2.23. The zero-order valence-electron chi connectivity index (χ0n) is 20.1. The van der Waals surface area contributed by atoms with Crippen LogP contribution < -0.4 is 10.6 Å². The molecule has 0 spiro atoms. The highest BCUT2D eigenvalue weighted by molar-refractivity contribution is 6.09. The molecule has 3 heterocycles. The molecule has 35 heavy (non-hydrogen) atoms. The third-order valence-corrected chi connectivity index (χ3v) is 7.45. The van der Waals surface area contributed by atoms with Crippen LogP contribution in [0.1, 0.15) is 28.3 Å². The zero-order chi connectivity index (χ0) is 23.8. The van der Waals surface area contributed by atoms with Gasteiger partial charge in [0.1, 0.15) is 0 Å². The number of fused-ring (bicyclic) bond motifs is 3. The van der Waals surface area contributed by atoms with Crippen LogP contribution in [-0.2, 0) is 0 Å². The molecule has 2 aliphatic rings. The first-order valence-electron chi connectivity index (χ1n) is 12.5. The first-order valence-corrected chi connectivity index (χ1v) is 12.5. The Morgan fingerprint density at radius 1 is 0.971 bits per heavy atom. The summed E-state index contributed by atoms with van der Waals surface area (Å²) in [6.45, 7) is 5.21. The largest absolute Gasteiger partial charge is 0.384 e. The van der Waals surface area contributed by atoms with Crippen molar-refractivity contribution in [2.24, 2.45) is 0 Å². The van der Waals surface area contributed by atoms with Crippen molar-refractivity contribution >= 4 is 39.1 Å². The first-order chi connectivity index (χ1) is 17.2. The summed E-state index contributed by atoms with van der Waals surface area (Å²) >= 11 is 0. The van der Waals surface area contributed by atoms with Gasteiger partial charge in [-0.05, 0) is 49.4 Å². The maximum Gasteiger partial charge on any atom is 0.254 e. The normalized spacial score (nSPS) is 18.0. The monoisotopic (exact) mass is 465 g/mol. The van der Waals surface area contributed by atoms with Gasteiger partial charge in [0, 0.05) is 67.2 Å². The van der Waals surface area contributed by atoms with Gasteiger partial charge in [-0.3, -0.25) is 4.79 Å². The average Bonchev–Trinajstić information content (AvgIpc) is 3.31. The molecular weight excluding hydrogens is 434 g/mol. The van der Waals surface area contributed by atoms with Crippen molar-refractivity contribution in [1.82, 2.24) is 14.8 Å². The van der Waals surface area contributed by atoms with Crippen molar-refractivity contribution in [1.29, 1.82) is 0 Å². The average molecular weight is 466 g/mol. The number of carbonyl (C=O) groups excluding carboxylic acids is 1. The van der Waals surface area contributed by atoms with Gasteiger partial charge in [-0.1, -0.05) is 36.4 Å². The molecule has 2 aliphatic heterocycles. The number of piperazine rings is 1. The molecule has 6 nitrogen and oxygen atoms in total.